The smallest absolute Gasteiger partial charge is 0.227 e. The zero-order valence-electron chi connectivity index (χ0n) is 24.6. The van der Waals surface area contributed by atoms with Crippen molar-refractivity contribution >= 4 is 46.0 Å². The van der Waals surface area contributed by atoms with Crippen LogP contribution in [0, 0.1) is 17.5 Å². The number of rotatable bonds is 8. The summed E-state index contributed by atoms with van der Waals surface area (Å²) < 4.78 is 55.2. The first-order valence-corrected chi connectivity index (χ1v) is 14.6. The van der Waals surface area contributed by atoms with Crippen molar-refractivity contribution in [1.82, 2.24) is 9.97 Å². The largest absolute Gasteiger partial charge is 0.378 e. The molecule has 234 valence electrons. The molecule has 10 nitrogen and oxygen atoms in total. The minimum Gasteiger partial charge on any atom is -0.378 e. The zero-order valence-corrected chi connectivity index (χ0v) is 24.6. The molecule has 0 aliphatic carbocycles. The van der Waals surface area contributed by atoms with Crippen LogP contribution < -0.4 is 25.8 Å². The van der Waals surface area contributed by atoms with Gasteiger partial charge in [0, 0.05) is 50.0 Å². The molecule has 6 rings (SSSR count). The third-order valence-electron chi connectivity index (χ3n) is 7.47. The van der Waals surface area contributed by atoms with E-state index in [2.05, 4.69) is 20.9 Å². The van der Waals surface area contributed by atoms with Gasteiger partial charge in [0.15, 0.2) is 0 Å². The fourth-order valence-corrected chi connectivity index (χ4v) is 5.28. The van der Waals surface area contributed by atoms with Crippen LogP contribution in [0.15, 0.2) is 60.8 Å². The van der Waals surface area contributed by atoms with Crippen molar-refractivity contribution in [2.24, 2.45) is 0 Å². The molecule has 0 bridgehead atoms. The minimum atomic E-state index is -0.612. The predicted molar refractivity (Wildman–Crippen MR) is 167 cm³/mol. The van der Waals surface area contributed by atoms with Gasteiger partial charge in [-0.3, -0.25) is 4.79 Å². The van der Waals surface area contributed by atoms with Gasteiger partial charge in [-0.2, -0.15) is 0 Å². The van der Waals surface area contributed by atoms with Crippen molar-refractivity contribution in [2.75, 3.05) is 78.4 Å². The van der Waals surface area contributed by atoms with Gasteiger partial charge in [-0.15, -0.1) is 0 Å². The highest BCUT2D eigenvalue weighted by Crippen LogP contribution is 2.34. The van der Waals surface area contributed by atoms with E-state index in [-0.39, 0.29) is 17.5 Å². The lowest BCUT2D eigenvalue weighted by Gasteiger charge is -2.29. The molecule has 3 aromatic carbocycles. The third kappa shape index (κ3) is 7.10. The Bertz CT molecular complexity index is 1700. The maximum absolute atomic E-state index is 15.2. The van der Waals surface area contributed by atoms with Crippen LogP contribution in [0.25, 0.3) is 11.3 Å². The van der Waals surface area contributed by atoms with E-state index in [4.69, 9.17) is 14.5 Å². The standard InChI is InChI=1S/C32H32F3N7O3/c1-20(43)37-27-16-21(2-5-24(27)33)31-28(38-22-4-7-29(26(35)17-22)41-8-12-44-13-9-41)19-36-32(40-31)39-23-3-6-25(34)30(18-23)42-10-14-45-15-11-42/h2-7,16-19,38H,8-15H2,1H3,(H,37,43)(H,36,39,40). The van der Waals surface area contributed by atoms with Crippen LogP contribution >= 0.6 is 0 Å². The average molecular weight is 620 g/mol. The number of hydrogen-bond donors (Lipinski definition) is 3. The Balaban J connectivity index is 1.33. The normalized spacial score (nSPS) is 15.1. The van der Waals surface area contributed by atoms with Crippen LogP contribution in [-0.2, 0) is 14.3 Å². The summed E-state index contributed by atoms with van der Waals surface area (Å²) in [5.41, 5.74) is 3.13. The van der Waals surface area contributed by atoms with Gasteiger partial charge in [0.25, 0.3) is 0 Å². The predicted octanol–water partition coefficient (Wildman–Crippen LogP) is 5.68. The Kier molecular flexibility index (Phi) is 8.98. The van der Waals surface area contributed by atoms with Crippen molar-refractivity contribution in [3.63, 3.8) is 0 Å². The molecule has 0 saturated carbocycles. The number of carbonyl (C=O) groups excluding carboxylic acids is 1. The van der Waals surface area contributed by atoms with Crippen LogP contribution in [0.4, 0.5) is 53.2 Å². The Morgan fingerprint density at radius 1 is 0.733 bits per heavy atom. The zero-order chi connectivity index (χ0) is 31.3. The Morgan fingerprint density at radius 3 is 2.07 bits per heavy atom. The molecule has 0 spiro atoms. The maximum Gasteiger partial charge on any atom is 0.227 e. The molecule has 2 fully saturated rings. The van der Waals surface area contributed by atoms with Crippen molar-refractivity contribution < 1.29 is 27.4 Å². The highest BCUT2D eigenvalue weighted by Gasteiger charge is 2.19. The first kappa shape index (κ1) is 30.2. The van der Waals surface area contributed by atoms with Gasteiger partial charge in [-0.1, -0.05) is 0 Å². The lowest BCUT2D eigenvalue weighted by atomic mass is 10.1. The summed E-state index contributed by atoms with van der Waals surface area (Å²) >= 11 is 0. The maximum atomic E-state index is 15.2. The molecule has 3 heterocycles. The molecule has 3 N–H and O–H groups in total. The first-order valence-electron chi connectivity index (χ1n) is 14.6. The van der Waals surface area contributed by atoms with E-state index in [0.29, 0.717) is 92.3 Å². The van der Waals surface area contributed by atoms with Crippen LogP contribution in [-0.4, -0.2) is 68.5 Å². The summed E-state index contributed by atoms with van der Waals surface area (Å²) in [4.78, 5) is 24.7. The molecule has 2 aliphatic heterocycles. The van der Waals surface area contributed by atoms with E-state index in [9.17, 15) is 13.6 Å². The molecule has 4 aromatic rings. The molecule has 13 heteroatoms. The number of morpholine rings is 2. The van der Waals surface area contributed by atoms with Crippen LogP contribution in [0.1, 0.15) is 6.92 Å². The van der Waals surface area contributed by atoms with E-state index in [1.54, 1.807) is 24.3 Å². The van der Waals surface area contributed by atoms with Gasteiger partial charge in [0.1, 0.15) is 17.5 Å². The second-order valence-electron chi connectivity index (χ2n) is 10.6. The van der Waals surface area contributed by atoms with Crippen molar-refractivity contribution in [1.29, 1.82) is 0 Å². The summed E-state index contributed by atoms with van der Waals surface area (Å²) in [6.45, 7) is 5.70. The van der Waals surface area contributed by atoms with Gasteiger partial charge in [-0.05, 0) is 54.6 Å². The van der Waals surface area contributed by atoms with Gasteiger partial charge < -0.3 is 35.2 Å². The van der Waals surface area contributed by atoms with E-state index in [1.165, 1.54) is 43.5 Å². The van der Waals surface area contributed by atoms with E-state index >= 15 is 4.39 Å². The number of ether oxygens (including phenoxy) is 2. The fourth-order valence-electron chi connectivity index (χ4n) is 5.28. The Morgan fingerprint density at radius 2 is 1.38 bits per heavy atom. The molecule has 0 atom stereocenters. The number of benzene rings is 3. The number of aromatic nitrogens is 2. The third-order valence-corrected chi connectivity index (χ3v) is 7.47. The van der Waals surface area contributed by atoms with Crippen LogP contribution in [0.5, 0.6) is 0 Å². The molecule has 45 heavy (non-hydrogen) atoms. The topological polar surface area (TPSA) is 104 Å². The molecular weight excluding hydrogens is 587 g/mol. The lowest BCUT2D eigenvalue weighted by Crippen LogP contribution is -2.36. The summed E-state index contributed by atoms with van der Waals surface area (Å²) in [5.74, 6) is -1.61. The first-order chi connectivity index (χ1) is 21.8. The number of anilines is 7. The highest BCUT2D eigenvalue weighted by molar-refractivity contribution is 5.90. The monoisotopic (exact) mass is 619 g/mol. The van der Waals surface area contributed by atoms with Gasteiger partial charge in [0.05, 0.1) is 61.1 Å². The molecule has 0 radical (unpaired) electrons. The molecular formula is C32H32F3N7O3. The van der Waals surface area contributed by atoms with E-state index in [1.807, 2.05) is 9.80 Å². The number of nitrogens with one attached hydrogen (secondary N) is 3. The Hall–Kier alpha value is -4.88. The highest BCUT2D eigenvalue weighted by atomic mass is 19.1. The van der Waals surface area contributed by atoms with Gasteiger partial charge >= 0.3 is 0 Å². The lowest BCUT2D eigenvalue weighted by molar-refractivity contribution is -0.114. The summed E-state index contributed by atoms with van der Waals surface area (Å²) in [7, 11) is 0. The molecule has 0 unspecified atom stereocenters. The van der Waals surface area contributed by atoms with E-state index < -0.39 is 17.5 Å². The second kappa shape index (κ2) is 13.4. The van der Waals surface area contributed by atoms with E-state index in [0.717, 1.165) is 0 Å². The second-order valence-corrected chi connectivity index (χ2v) is 10.6. The van der Waals surface area contributed by atoms with Gasteiger partial charge in [-0.25, -0.2) is 23.1 Å². The Labute approximate surface area is 258 Å². The van der Waals surface area contributed by atoms with Crippen LogP contribution in [0.2, 0.25) is 0 Å². The summed E-state index contributed by atoms with van der Waals surface area (Å²) in [6, 6.07) is 13.7. The number of halogens is 3. The SMILES string of the molecule is CC(=O)Nc1cc(-c2nc(Nc3ccc(F)c(N4CCOCC4)c3)ncc2Nc2ccc(N3CCOCC3)c(F)c2)ccc1F. The van der Waals surface area contributed by atoms with Crippen molar-refractivity contribution in [3.05, 3.63) is 78.2 Å². The quantitative estimate of drug-likeness (QED) is 0.230. The number of nitrogens with zero attached hydrogens (tertiary/aromatic N) is 4. The number of carbonyl (C=O) groups is 1. The summed E-state index contributed by atoms with van der Waals surface area (Å²) in [5, 5.41) is 8.80. The molecule has 2 saturated heterocycles. The van der Waals surface area contributed by atoms with Crippen LogP contribution in [0.3, 0.4) is 0 Å². The van der Waals surface area contributed by atoms with Gasteiger partial charge in [0.2, 0.25) is 11.9 Å². The molecule has 1 aromatic heterocycles. The fraction of sp³-hybridized carbons (Fsp3) is 0.281. The number of hydrogen-bond acceptors (Lipinski definition) is 9. The van der Waals surface area contributed by atoms with Crippen molar-refractivity contribution in [3.8, 4) is 11.3 Å². The minimum absolute atomic E-state index is 0.0198. The average Bonchev–Trinajstić information content (AvgIpc) is 3.04. The number of amides is 1. The summed E-state index contributed by atoms with van der Waals surface area (Å²) in [6.07, 6.45) is 1.52. The van der Waals surface area contributed by atoms with Crippen molar-refractivity contribution in [2.45, 2.75) is 6.92 Å². The molecule has 2 aliphatic rings. The molecule has 1 amide bonds.